The Balaban J connectivity index is 2.01. The first-order valence-corrected chi connectivity index (χ1v) is 7.94. The van der Waals surface area contributed by atoms with Gasteiger partial charge in [-0.2, -0.15) is 0 Å². The van der Waals surface area contributed by atoms with E-state index in [1.54, 1.807) is 20.8 Å². The van der Waals surface area contributed by atoms with Gasteiger partial charge in [-0.1, -0.05) is 0 Å². The summed E-state index contributed by atoms with van der Waals surface area (Å²) < 4.78 is 19.0. The zero-order valence-electron chi connectivity index (χ0n) is 14.3. The fourth-order valence-electron chi connectivity index (χ4n) is 3.42. The van der Waals surface area contributed by atoms with Crippen LogP contribution in [0.15, 0.2) is 18.2 Å². The zero-order valence-corrected chi connectivity index (χ0v) is 14.3. The third kappa shape index (κ3) is 2.81. The summed E-state index contributed by atoms with van der Waals surface area (Å²) in [6.45, 7) is 4.99. The number of hydrogen-bond donors (Lipinski definition) is 2. The first-order valence-electron chi connectivity index (χ1n) is 7.94. The van der Waals surface area contributed by atoms with E-state index in [0.717, 1.165) is 4.90 Å². The van der Waals surface area contributed by atoms with Crippen molar-refractivity contribution in [2.45, 2.75) is 44.2 Å². The Labute approximate surface area is 144 Å². The number of ether oxygens (including phenoxy) is 1. The molecule has 0 aliphatic carbocycles. The quantitative estimate of drug-likeness (QED) is 0.802. The number of rotatable bonds is 1. The van der Waals surface area contributed by atoms with Crippen LogP contribution in [0.2, 0.25) is 0 Å². The van der Waals surface area contributed by atoms with Crippen molar-refractivity contribution in [3.8, 4) is 0 Å². The van der Waals surface area contributed by atoms with Gasteiger partial charge in [0.1, 0.15) is 17.5 Å². The molecule has 2 heterocycles. The number of carbonyl (C=O) groups is 3. The maximum Gasteiger partial charge on any atom is 0.411 e. The minimum absolute atomic E-state index is 0.0101. The lowest BCUT2D eigenvalue weighted by molar-refractivity contribution is -0.122. The monoisotopic (exact) mass is 349 g/mol. The van der Waals surface area contributed by atoms with Crippen molar-refractivity contribution in [2.75, 3.05) is 11.9 Å². The molecule has 1 aromatic rings. The highest BCUT2D eigenvalue weighted by Crippen LogP contribution is 2.46. The summed E-state index contributed by atoms with van der Waals surface area (Å²) in [4.78, 5) is 38.1. The molecule has 1 spiro atoms. The number of benzene rings is 1. The van der Waals surface area contributed by atoms with Crippen LogP contribution in [0.5, 0.6) is 0 Å². The number of fused-ring (bicyclic) bond motifs is 2. The summed E-state index contributed by atoms with van der Waals surface area (Å²) in [5, 5.41) is 2.69. The van der Waals surface area contributed by atoms with Crippen LogP contribution in [-0.2, 0) is 19.7 Å². The zero-order chi connectivity index (χ0) is 18.6. The Hall–Kier alpha value is -2.64. The lowest BCUT2D eigenvalue weighted by Crippen LogP contribution is -2.46. The first kappa shape index (κ1) is 17.2. The Bertz CT molecular complexity index is 774. The standard InChI is InChI=1S/C17H20FN3O4/c1-16(2,3)25-15(24)21-8-17(7-12(21)13(19)22)10-6-9(18)4-5-11(10)20-14(17)23/h4-6,12H,7-8H2,1-3H3,(H2,19,22)(H,20,23)/t12-,17-/m0/s1. The molecular weight excluding hydrogens is 329 g/mol. The van der Waals surface area contributed by atoms with Crippen molar-refractivity contribution in [3.05, 3.63) is 29.6 Å². The molecule has 1 aromatic carbocycles. The van der Waals surface area contributed by atoms with Crippen molar-refractivity contribution in [1.29, 1.82) is 0 Å². The molecule has 2 aliphatic rings. The topological polar surface area (TPSA) is 102 Å². The summed E-state index contributed by atoms with van der Waals surface area (Å²) in [6, 6.07) is 2.95. The number of hydrogen-bond acceptors (Lipinski definition) is 4. The van der Waals surface area contributed by atoms with Gasteiger partial charge >= 0.3 is 6.09 Å². The molecule has 0 aromatic heterocycles. The molecule has 3 rings (SSSR count). The van der Waals surface area contributed by atoms with Crippen LogP contribution in [0, 0.1) is 5.82 Å². The number of likely N-dealkylation sites (tertiary alicyclic amines) is 1. The van der Waals surface area contributed by atoms with Crippen molar-refractivity contribution in [1.82, 2.24) is 4.90 Å². The minimum atomic E-state index is -1.21. The van der Waals surface area contributed by atoms with E-state index in [-0.39, 0.29) is 18.9 Å². The van der Waals surface area contributed by atoms with E-state index < -0.39 is 34.9 Å². The lowest BCUT2D eigenvalue weighted by atomic mass is 9.79. The van der Waals surface area contributed by atoms with E-state index in [9.17, 15) is 18.8 Å². The van der Waals surface area contributed by atoms with E-state index >= 15 is 0 Å². The predicted octanol–water partition coefficient (Wildman–Crippen LogP) is 1.51. The summed E-state index contributed by atoms with van der Waals surface area (Å²) in [6.07, 6.45) is -0.741. The number of nitrogens with zero attached hydrogens (tertiary/aromatic N) is 1. The van der Waals surface area contributed by atoms with Gasteiger partial charge in [0.15, 0.2) is 0 Å². The van der Waals surface area contributed by atoms with Crippen molar-refractivity contribution >= 4 is 23.6 Å². The molecule has 7 nitrogen and oxygen atoms in total. The molecule has 134 valence electrons. The third-order valence-corrected chi connectivity index (χ3v) is 4.49. The smallest absolute Gasteiger partial charge is 0.411 e. The van der Waals surface area contributed by atoms with Crippen LogP contribution in [0.3, 0.4) is 0 Å². The number of nitrogens with one attached hydrogen (secondary N) is 1. The van der Waals surface area contributed by atoms with Crippen LogP contribution < -0.4 is 11.1 Å². The number of amides is 3. The van der Waals surface area contributed by atoms with Crippen LogP contribution in [-0.4, -0.2) is 41.0 Å². The van der Waals surface area contributed by atoms with E-state index in [0.29, 0.717) is 11.3 Å². The molecule has 0 saturated carbocycles. The maximum atomic E-state index is 13.7. The van der Waals surface area contributed by atoms with Crippen LogP contribution in [0.1, 0.15) is 32.8 Å². The Kier molecular flexibility index (Phi) is 3.74. The molecule has 0 radical (unpaired) electrons. The maximum absolute atomic E-state index is 13.7. The van der Waals surface area contributed by atoms with Crippen LogP contribution in [0.4, 0.5) is 14.9 Å². The molecule has 3 amide bonds. The van der Waals surface area contributed by atoms with Crippen molar-refractivity contribution in [3.63, 3.8) is 0 Å². The average molecular weight is 349 g/mol. The van der Waals surface area contributed by atoms with Crippen molar-refractivity contribution < 1.29 is 23.5 Å². The number of halogens is 1. The van der Waals surface area contributed by atoms with Crippen LogP contribution >= 0.6 is 0 Å². The first-order chi connectivity index (χ1) is 11.5. The molecule has 2 atom stereocenters. The van der Waals surface area contributed by atoms with E-state index in [1.165, 1.54) is 18.2 Å². The van der Waals surface area contributed by atoms with E-state index in [4.69, 9.17) is 10.5 Å². The largest absolute Gasteiger partial charge is 0.444 e. The highest BCUT2D eigenvalue weighted by molar-refractivity contribution is 6.08. The molecule has 3 N–H and O–H groups in total. The number of carbonyl (C=O) groups excluding carboxylic acids is 3. The SMILES string of the molecule is CC(C)(C)OC(=O)N1C[C@]2(C[C@H]1C(N)=O)C(=O)Nc1ccc(F)cc12. The summed E-state index contributed by atoms with van der Waals surface area (Å²) in [5.74, 6) is -1.62. The number of nitrogens with two attached hydrogens (primary N) is 1. The molecule has 8 heteroatoms. The normalized spacial score (nSPS) is 25.0. The van der Waals surface area contributed by atoms with Gasteiger partial charge < -0.3 is 15.8 Å². The second-order valence-corrected chi connectivity index (χ2v) is 7.46. The molecule has 1 fully saturated rings. The van der Waals surface area contributed by atoms with Gasteiger partial charge in [-0.15, -0.1) is 0 Å². The minimum Gasteiger partial charge on any atom is -0.444 e. The highest BCUT2D eigenvalue weighted by Gasteiger charge is 2.57. The van der Waals surface area contributed by atoms with Gasteiger partial charge in [0, 0.05) is 12.2 Å². The summed E-state index contributed by atoms with van der Waals surface area (Å²) in [7, 11) is 0. The van der Waals surface area contributed by atoms with Gasteiger partial charge in [0.2, 0.25) is 11.8 Å². The second kappa shape index (κ2) is 5.44. The van der Waals surface area contributed by atoms with Crippen molar-refractivity contribution in [2.24, 2.45) is 5.73 Å². The van der Waals surface area contributed by atoms with Crippen LogP contribution in [0.25, 0.3) is 0 Å². The average Bonchev–Trinajstić information content (AvgIpc) is 3.00. The molecule has 1 saturated heterocycles. The molecule has 0 bridgehead atoms. The molecule has 0 unspecified atom stereocenters. The molecule has 2 aliphatic heterocycles. The summed E-state index contributed by atoms with van der Waals surface area (Å²) in [5.41, 5.74) is 4.36. The fourth-order valence-corrected chi connectivity index (χ4v) is 3.42. The molecular formula is C17H20FN3O4. The highest BCUT2D eigenvalue weighted by atomic mass is 19.1. The molecule has 25 heavy (non-hydrogen) atoms. The lowest BCUT2D eigenvalue weighted by Gasteiger charge is -2.27. The second-order valence-electron chi connectivity index (χ2n) is 7.46. The van der Waals surface area contributed by atoms with Gasteiger partial charge in [-0.25, -0.2) is 9.18 Å². The number of primary amides is 1. The fraction of sp³-hybridized carbons (Fsp3) is 0.471. The third-order valence-electron chi connectivity index (χ3n) is 4.49. The van der Waals surface area contributed by atoms with E-state index in [2.05, 4.69) is 5.32 Å². The van der Waals surface area contributed by atoms with Gasteiger partial charge in [-0.05, 0) is 51.0 Å². The van der Waals surface area contributed by atoms with Gasteiger partial charge in [0.25, 0.3) is 0 Å². The number of anilines is 1. The Morgan fingerprint density at radius 3 is 2.68 bits per heavy atom. The Morgan fingerprint density at radius 1 is 1.40 bits per heavy atom. The van der Waals surface area contributed by atoms with Gasteiger partial charge in [0.05, 0.1) is 5.41 Å². The Morgan fingerprint density at radius 2 is 2.08 bits per heavy atom. The van der Waals surface area contributed by atoms with Gasteiger partial charge in [-0.3, -0.25) is 14.5 Å². The predicted molar refractivity (Wildman–Crippen MR) is 87.2 cm³/mol. The summed E-state index contributed by atoms with van der Waals surface area (Å²) >= 11 is 0. The van der Waals surface area contributed by atoms with E-state index in [1.807, 2.05) is 0 Å².